The van der Waals surface area contributed by atoms with E-state index in [-0.39, 0.29) is 24.5 Å². The second-order valence-electron chi connectivity index (χ2n) is 4.96. The molecular formula is C14H20N2O2. The molecule has 4 N–H and O–H groups in total. The van der Waals surface area contributed by atoms with Gasteiger partial charge >= 0.3 is 0 Å². The van der Waals surface area contributed by atoms with Crippen LogP contribution in [0.4, 0.5) is 5.69 Å². The largest absolute Gasteiger partial charge is 0.392 e. The highest BCUT2D eigenvalue weighted by Crippen LogP contribution is 2.24. The molecule has 0 aliphatic heterocycles. The first-order valence-electron chi connectivity index (χ1n) is 6.45. The minimum atomic E-state index is 0.0226. The maximum atomic E-state index is 12.0. The van der Waals surface area contributed by atoms with Gasteiger partial charge in [-0.25, -0.2) is 0 Å². The van der Waals surface area contributed by atoms with Gasteiger partial charge in [0.1, 0.15) is 0 Å². The van der Waals surface area contributed by atoms with Crippen LogP contribution in [0.3, 0.4) is 0 Å². The molecule has 18 heavy (non-hydrogen) atoms. The van der Waals surface area contributed by atoms with Gasteiger partial charge in [0.15, 0.2) is 0 Å². The normalized spacial score (nSPS) is 23.7. The molecule has 0 spiro atoms. The van der Waals surface area contributed by atoms with Crippen molar-refractivity contribution in [3.05, 3.63) is 29.8 Å². The summed E-state index contributed by atoms with van der Waals surface area (Å²) in [6, 6.07) is 7.52. The zero-order chi connectivity index (χ0) is 13.0. The van der Waals surface area contributed by atoms with Crippen LogP contribution in [0.25, 0.3) is 0 Å². The maximum absolute atomic E-state index is 12.0. The van der Waals surface area contributed by atoms with Gasteiger partial charge in [-0.3, -0.25) is 4.79 Å². The molecule has 4 nitrogen and oxygen atoms in total. The molecule has 0 aromatic heterocycles. The Hall–Kier alpha value is -1.39. The summed E-state index contributed by atoms with van der Waals surface area (Å²) in [6.45, 7) is 0.0226. The lowest BCUT2D eigenvalue weighted by Gasteiger charge is -2.25. The van der Waals surface area contributed by atoms with E-state index in [4.69, 9.17) is 10.8 Å². The summed E-state index contributed by atoms with van der Waals surface area (Å²) < 4.78 is 0. The number of hydrogen-bond acceptors (Lipinski definition) is 3. The fourth-order valence-corrected chi connectivity index (χ4v) is 2.32. The van der Waals surface area contributed by atoms with Crippen LogP contribution in [0.2, 0.25) is 0 Å². The molecule has 0 saturated heterocycles. The Morgan fingerprint density at radius 1 is 1.22 bits per heavy atom. The Kier molecular flexibility index (Phi) is 4.33. The standard InChI is InChI=1S/C14H20N2O2/c15-12-5-3-11(4-6-12)14(18)16-13-7-1-10(9-17)2-8-13/h1-2,7-8,11-12,17H,3-6,9,15H2,(H,16,18). The van der Waals surface area contributed by atoms with E-state index in [9.17, 15) is 4.79 Å². The van der Waals surface area contributed by atoms with Crippen molar-refractivity contribution in [1.82, 2.24) is 0 Å². The SMILES string of the molecule is NC1CCC(C(=O)Nc2ccc(CO)cc2)CC1. The third-order valence-electron chi connectivity index (χ3n) is 3.55. The van der Waals surface area contributed by atoms with Crippen molar-refractivity contribution in [2.24, 2.45) is 11.7 Å². The van der Waals surface area contributed by atoms with Gasteiger partial charge in [-0.15, -0.1) is 0 Å². The van der Waals surface area contributed by atoms with Crippen LogP contribution in [0.1, 0.15) is 31.2 Å². The second-order valence-corrected chi connectivity index (χ2v) is 4.96. The molecule has 98 valence electrons. The van der Waals surface area contributed by atoms with Crippen molar-refractivity contribution in [2.45, 2.75) is 38.3 Å². The molecule has 0 radical (unpaired) electrons. The molecular weight excluding hydrogens is 228 g/mol. The lowest BCUT2D eigenvalue weighted by atomic mass is 9.86. The lowest BCUT2D eigenvalue weighted by molar-refractivity contribution is -0.120. The number of nitrogens with one attached hydrogen (secondary N) is 1. The first-order chi connectivity index (χ1) is 8.69. The van der Waals surface area contributed by atoms with Crippen LogP contribution in [0, 0.1) is 5.92 Å². The zero-order valence-electron chi connectivity index (χ0n) is 10.4. The van der Waals surface area contributed by atoms with Gasteiger partial charge in [0.2, 0.25) is 5.91 Å². The highest BCUT2D eigenvalue weighted by Gasteiger charge is 2.24. The fourth-order valence-electron chi connectivity index (χ4n) is 2.32. The van der Waals surface area contributed by atoms with E-state index in [1.807, 2.05) is 24.3 Å². The number of aliphatic hydroxyl groups excluding tert-OH is 1. The maximum Gasteiger partial charge on any atom is 0.227 e. The molecule has 1 aliphatic rings. The Balaban J connectivity index is 1.90. The molecule has 0 atom stereocenters. The predicted molar refractivity (Wildman–Crippen MR) is 70.9 cm³/mol. The molecule has 1 saturated carbocycles. The monoisotopic (exact) mass is 248 g/mol. The van der Waals surface area contributed by atoms with Gasteiger partial charge in [0.05, 0.1) is 6.61 Å². The van der Waals surface area contributed by atoms with Crippen LogP contribution in [-0.2, 0) is 11.4 Å². The lowest BCUT2D eigenvalue weighted by Crippen LogP contribution is -2.32. The Bertz CT molecular complexity index is 395. The highest BCUT2D eigenvalue weighted by molar-refractivity contribution is 5.92. The predicted octanol–water partition coefficient (Wildman–Crippen LogP) is 1.63. The van der Waals surface area contributed by atoms with Crippen molar-refractivity contribution < 1.29 is 9.90 Å². The van der Waals surface area contributed by atoms with Crippen molar-refractivity contribution in [3.63, 3.8) is 0 Å². The topological polar surface area (TPSA) is 75.4 Å². The summed E-state index contributed by atoms with van der Waals surface area (Å²) in [5.74, 6) is 0.168. The number of benzene rings is 1. The zero-order valence-corrected chi connectivity index (χ0v) is 10.4. The Morgan fingerprint density at radius 3 is 2.39 bits per heavy atom. The molecule has 1 aromatic carbocycles. The average molecular weight is 248 g/mol. The van der Waals surface area contributed by atoms with E-state index in [0.717, 1.165) is 36.9 Å². The van der Waals surface area contributed by atoms with Crippen molar-refractivity contribution in [2.75, 3.05) is 5.32 Å². The molecule has 1 amide bonds. The Morgan fingerprint density at radius 2 is 1.83 bits per heavy atom. The third kappa shape index (κ3) is 3.31. The summed E-state index contributed by atoms with van der Waals surface area (Å²) in [5.41, 5.74) is 7.45. The third-order valence-corrected chi connectivity index (χ3v) is 3.55. The van der Waals surface area contributed by atoms with Gasteiger partial charge in [0.25, 0.3) is 0 Å². The number of carbonyl (C=O) groups is 1. The van der Waals surface area contributed by atoms with Crippen LogP contribution in [0.5, 0.6) is 0 Å². The van der Waals surface area contributed by atoms with Crippen LogP contribution >= 0.6 is 0 Å². The number of rotatable bonds is 3. The number of anilines is 1. The number of hydrogen-bond donors (Lipinski definition) is 3. The van der Waals surface area contributed by atoms with Gasteiger partial charge in [-0.1, -0.05) is 12.1 Å². The summed E-state index contributed by atoms with van der Waals surface area (Å²) in [6.07, 6.45) is 3.62. The van der Waals surface area contributed by atoms with E-state index in [0.29, 0.717) is 0 Å². The molecule has 1 fully saturated rings. The minimum Gasteiger partial charge on any atom is -0.392 e. The summed E-state index contributed by atoms with van der Waals surface area (Å²) in [7, 11) is 0. The van der Waals surface area contributed by atoms with Crippen molar-refractivity contribution in [1.29, 1.82) is 0 Å². The first kappa shape index (κ1) is 13.1. The molecule has 1 aliphatic carbocycles. The van der Waals surface area contributed by atoms with Crippen LogP contribution < -0.4 is 11.1 Å². The Labute approximate surface area is 107 Å². The van der Waals surface area contributed by atoms with E-state index >= 15 is 0 Å². The van der Waals surface area contributed by atoms with Gasteiger partial charge in [-0.2, -0.15) is 0 Å². The van der Waals surface area contributed by atoms with E-state index in [1.165, 1.54) is 0 Å². The van der Waals surface area contributed by atoms with E-state index in [2.05, 4.69) is 5.32 Å². The van der Waals surface area contributed by atoms with Crippen LogP contribution in [0.15, 0.2) is 24.3 Å². The molecule has 0 unspecified atom stereocenters. The van der Waals surface area contributed by atoms with E-state index < -0.39 is 0 Å². The van der Waals surface area contributed by atoms with Gasteiger partial charge in [0, 0.05) is 17.6 Å². The molecule has 0 heterocycles. The molecule has 4 heteroatoms. The smallest absolute Gasteiger partial charge is 0.227 e. The van der Waals surface area contributed by atoms with Crippen LogP contribution in [-0.4, -0.2) is 17.1 Å². The van der Waals surface area contributed by atoms with Crippen molar-refractivity contribution in [3.8, 4) is 0 Å². The number of nitrogens with two attached hydrogens (primary N) is 1. The second kappa shape index (κ2) is 5.98. The average Bonchev–Trinajstić information content (AvgIpc) is 2.40. The minimum absolute atomic E-state index is 0.0226. The van der Waals surface area contributed by atoms with E-state index in [1.54, 1.807) is 0 Å². The molecule has 1 aromatic rings. The molecule has 2 rings (SSSR count). The van der Waals surface area contributed by atoms with Crippen molar-refractivity contribution >= 4 is 11.6 Å². The summed E-state index contributed by atoms with van der Waals surface area (Å²) >= 11 is 0. The summed E-state index contributed by atoms with van der Waals surface area (Å²) in [4.78, 5) is 12.0. The summed E-state index contributed by atoms with van der Waals surface area (Å²) in [5, 5.41) is 11.9. The first-order valence-corrected chi connectivity index (χ1v) is 6.45. The van der Waals surface area contributed by atoms with Gasteiger partial charge in [-0.05, 0) is 43.4 Å². The number of amides is 1. The quantitative estimate of drug-likeness (QED) is 0.761. The number of aliphatic hydroxyl groups is 1. The molecule has 0 bridgehead atoms. The fraction of sp³-hybridized carbons (Fsp3) is 0.500. The highest BCUT2D eigenvalue weighted by atomic mass is 16.3. The number of carbonyl (C=O) groups excluding carboxylic acids is 1. The van der Waals surface area contributed by atoms with Gasteiger partial charge < -0.3 is 16.2 Å².